The Bertz CT molecular complexity index is 976. The Kier molecular flexibility index (Phi) is 5.46. The van der Waals surface area contributed by atoms with Crippen LogP contribution >= 0.6 is 0 Å². The van der Waals surface area contributed by atoms with Crippen LogP contribution in [0, 0.1) is 18.8 Å². The average Bonchev–Trinajstić information content (AvgIpc) is 3.28. The van der Waals surface area contributed by atoms with Crippen molar-refractivity contribution in [3.05, 3.63) is 36.0 Å². The summed E-state index contributed by atoms with van der Waals surface area (Å²) in [5.41, 5.74) is 1.33. The second-order valence-electron chi connectivity index (χ2n) is 7.83. The Morgan fingerprint density at radius 3 is 2.62 bits per heavy atom. The van der Waals surface area contributed by atoms with Crippen molar-refractivity contribution in [3.63, 3.8) is 0 Å². The van der Waals surface area contributed by atoms with Crippen molar-refractivity contribution in [1.82, 2.24) is 14.8 Å². The minimum Gasteiger partial charge on any atom is -0.375 e. The maximum atomic E-state index is 13.2. The van der Waals surface area contributed by atoms with Crippen molar-refractivity contribution in [1.29, 1.82) is 0 Å². The predicted octanol–water partition coefficient (Wildman–Crippen LogP) is 1.81. The molecule has 1 saturated carbocycles. The van der Waals surface area contributed by atoms with E-state index < -0.39 is 10.0 Å². The molecule has 9 heteroatoms. The van der Waals surface area contributed by atoms with Gasteiger partial charge in [0.15, 0.2) is 5.76 Å². The Labute approximate surface area is 170 Å². The van der Waals surface area contributed by atoms with Gasteiger partial charge in [0.05, 0.1) is 11.1 Å². The average molecular weight is 420 g/mol. The number of piperidine rings is 1. The third-order valence-corrected chi connectivity index (χ3v) is 7.55. The number of fused-ring (bicyclic) bond motifs is 2. The van der Waals surface area contributed by atoms with E-state index in [1.165, 1.54) is 13.3 Å². The van der Waals surface area contributed by atoms with Crippen molar-refractivity contribution >= 4 is 15.9 Å². The first-order chi connectivity index (χ1) is 13.9. The number of aromatic nitrogens is 1. The number of hydrogen-bond acceptors (Lipinski definition) is 6. The number of ether oxygens (including phenoxy) is 1. The van der Waals surface area contributed by atoms with Crippen LogP contribution in [0.1, 0.15) is 18.4 Å². The predicted molar refractivity (Wildman–Crippen MR) is 105 cm³/mol. The maximum Gasteiger partial charge on any atom is 0.248 e. The zero-order valence-electron chi connectivity index (χ0n) is 16.5. The van der Waals surface area contributed by atoms with E-state index in [-0.39, 0.29) is 35.3 Å². The SMILES string of the molecule is COCC(=O)N1C[C@H]2CC[C@@H](C1)C2NS(=O)(=O)c1cc(-c2ccno2)ccc1C. The highest BCUT2D eigenvalue weighted by Gasteiger charge is 2.45. The number of nitrogens with one attached hydrogen (secondary N) is 1. The summed E-state index contributed by atoms with van der Waals surface area (Å²) in [6.45, 7) is 2.95. The highest BCUT2D eigenvalue weighted by molar-refractivity contribution is 7.89. The van der Waals surface area contributed by atoms with Gasteiger partial charge in [-0.1, -0.05) is 17.3 Å². The molecule has 2 aliphatic rings. The van der Waals surface area contributed by atoms with Gasteiger partial charge in [-0.25, -0.2) is 13.1 Å². The lowest BCUT2D eigenvalue weighted by Gasteiger charge is -2.38. The lowest BCUT2D eigenvalue weighted by molar-refractivity contribution is -0.137. The van der Waals surface area contributed by atoms with Crippen molar-refractivity contribution in [3.8, 4) is 11.3 Å². The molecular weight excluding hydrogens is 394 g/mol. The first-order valence-corrected chi connectivity index (χ1v) is 11.2. The topological polar surface area (TPSA) is 102 Å². The number of carbonyl (C=O) groups is 1. The van der Waals surface area contributed by atoms with Crippen LogP contribution in [-0.4, -0.2) is 57.2 Å². The molecular formula is C20H25N3O5S. The van der Waals surface area contributed by atoms with E-state index in [4.69, 9.17) is 9.26 Å². The van der Waals surface area contributed by atoms with Gasteiger partial charge in [-0.15, -0.1) is 0 Å². The molecule has 1 N–H and O–H groups in total. The van der Waals surface area contributed by atoms with Crippen molar-refractivity contribution in [2.75, 3.05) is 26.8 Å². The van der Waals surface area contributed by atoms with Gasteiger partial charge in [0.2, 0.25) is 15.9 Å². The summed E-state index contributed by atoms with van der Waals surface area (Å²) in [6, 6.07) is 6.74. The standard InChI is InChI=1S/C20H25N3O5S/c1-13-3-4-14(17-7-8-21-28-17)9-18(13)29(25,26)22-20-15-5-6-16(20)11-23(10-15)19(24)12-27-2/h3-4,7-9,15-16,20,22H,5-6,10-12H2,1-2H3/t15-,16+,20?. The van der Waals surface area contributed by atoms with Crippen LogP contribution in [0.5, 0.6) is 0 Å². The Morgan fingerprint density at radius 1 is 1.28 bits per heavy atom. The van der Waals surface area contributed by atoms with Gasteiger partial charge in [0.1, 0.15) is 6.61 Å². The largest absolute Gasteiger partial charge is 0.375 e. The first kappa shape index (κ1) is 20.1. The van der Waals surface area contributed by atoms with Gasteiger partial charge >= 0.3 is 0 Å². The molecule has 2 fully saturated rings. The van der Waals surface area contributed by atoms with Gasteiger partial charge in [0, 0.05) is 37.9 Å². The van der Waals surface area contributed by atoms with Crippen LogP contribution < -0.4 is 4.72 Å². The molecule has 29 heavy (non-hydrogen) atoms. The first-order valence-electron chi connectivity index (χ1n) is 9.70. The maximum absolute atomic E-state index is 13.2. The van der Waals surface area contributed by atoms with E-state index in [0.29, 0.717) is 30.0 Å². The molecule has 0 radical (unpaired) electrons. The number of carbonyl (C=O) groups excluding carboxylic acids is 1. The molecule has 156 valence electrons. The normalized spacial score (nSPS) is 24.1. The quantitative estimate of drug-likeness (QED) is 0.766. The van der Waals surface area contributed by atoms with E-state index in [2.05, 4.69) is 9.88 Å². The van der Waals surface area contributed by atoms with Crippen molar-refractivity contribution in [2.45, 2.75) is 30.7 Å². The van der Waals surface area contributed by atoms with Crippen LogP contribution in [0.25, 0.3) is 11.3 Å². The zero-order valence-corrected chi connectivity index (χ0v) is 17.3. The van der Waals surface area contributed by atoms with Crippen LogP contribution in [0.2, 0.25) is 0 Å². The minimum absolute atomic E-state index is 0.0405. The van der Waals surface area contributed by atoms with E-state index in [1.807, 2.05) is 6.07 Å². The molecule has 2 bridgehead atoms. The smallest absolute Gasteiger partial charge is 0.248 e. The molecule has 0 spiro atoms. The summed E-state index contributed by atoms with van der Waals surface area (Å²) in [4.78, 5) is 14.2. The molecule has 1 aromatic heterocycles. The summed E-state index contributed by atoms with van der Waals surface area (Å²) in [5, 5.41) is 3.69. The van der Waals surface area contributed by atoms with E-state index in [9.17, 15) is 13.2 Å². The summed E-state index contributed by atoms with van der Waals surface area (Å²) >= 11 is 0. The highest BCUT2D eigenvalue weighted by atomic mass is 32.2. The Hall–Kier alpha value is -2.23. The fourth-order valence-corrected chi connectivity index (χ4v) is 6.13. The minimum atomic E-state index is -3.72. The van der Waals surface area contributed by atoms with Gasteiger partial charge in [-0.3, -0.25) is 4.79 Å². The van der Waals surface area contributed by atoms with Gasteiger partial charge in [-0.05, 0) is 43.2 Å². The number of nitrogens with zero attached hydrogens (tertiary/aromatic N) is 2. The van der Waals surface area contributed by atoms with Crippen LogP contribution in [0.4, 0.5) is 0 Å². The lowest BCUT2D eigenvalue weighted by Crippen LogP contribution is -2.54. The Morgan fingerprint density at radius 2 is 2.00 bits per heavy atom. The monoisotopic (exact) mass is 419 g/mol. The molecule has 1 aliphatic heterocycles. The fraction of sp³-hybridized carbons (Fsp3) is 0.500. The second kappa shape index (κ2) is 7.89. The summed E-state index contributed by atoms with van der Waals surface area (Å²) < 4.78 is 39.5. The number of benzene rings is 1. The second-order valence-corrected chi connectivity index (χ2v) is 9.52. The summed E-state index contributed by atoms with van der Waals surface area (Å²) in [5.74, 6) is 0.706. The van der Waals surface area contributed by atoms with Crippen LogP contribution in [0.3, 0.4) is 0 Å². The number of likely N-dealkylation sites (tertiary alicyclic amines) is 1. The number of rotatable bonds is 6. The van der Waals surface area contributed by atoms with E-state index >= 15 is 0 Å². The van der Waals surface area contributed by atoms with Crippen LogP contribution in [-0.2, 0) is 19.6 Å². The number of hydrogen-bond donors (Lipinski definition) is 1. The number of sulfonamides is 1. The number of amides is 1. The number of methoxy groups -OCH3 is 1. The highest BCUT2D eigenvalue weighted by Crippen LogP contribution is 2.38. The molecule has 1 saturated heterocycles. The number of aryl methyl sites for hydroxylation is 1. The van der Waals surface area contributed by atoms with Gasteiger partial charge < -0.3 is 14.2 Å². The molecule has 8 nitrogen and oxygen atoms in total. The van der Waals surface area contributed by atoms with E-state index in [1.54, 1.807) is 30.0 Å². The lowest BCUT2D eigenvalue weighted by atomic mass is 9.93. The summed E-state index contributed by atoms with van der Waals surface area (Å²) in [7, 11) is -2.22. The molecule has 1 amide bonds. The molecule has 2 aromatic rings. The van der Waals surface area contributed by atoms with Crippen molar-refractivity contribution < 1.29 is 22.5 Å². The molecule has 4 rings (SSSR count). The van der Waals surface area contributed by atoms with Crippen LogP contribution in [0.15, 0.2) is 39.9 Å². The molecule has 2 heterocycles. The zero-order chi connectivity index (χ0) is 20.6. The molecule has 1 aromatic carbocycles. The third kappa shape index (κ3) is 3.94. The van der Waals surface area contributed by atoms with E-state index in [0.717, 1.165) is 12.8 Å². The van der Waals surface area contributed by atoms with Gasteiger partial charge in [0.25, 0.3) is 0 Å². The fourth-order valence-electron chi connectivity index (χ4n) is 4.48. The third-order valence-electron chi connectivity index (χ3n) is 5.95. The molecule has 3 atom stereocenters. The molecule has 1 unspecified atom stereocenters. The van der Waals surface area contributed by atoms with Gasteiger partial charge in [-0.2, -0.15) is 0 Å². The Balaban J connectivity index is 1.54. The molecule has 1 aliphatic carbocycles. The van der Waals surface area contributed by atoms with Crippen molar-refractivity contribution in [2.24, 2.45) is 11.8 Å². The summed E-state index contributed by atoms with van der Waals surface area (Å²) in [6.07, 6.45) is 3.34.